The van der Waals surface area contributed by atoms with E-state index >= 15 is 0 Å². The molecule has 0 aliphatic carbocycles. The minimum Gasteiger partial charge on any atom is -0.387 e. The molecule has 0 saturated heterocycles. The third-order valence-corrected chi connectivity index (χ3v) is 4.72. The van der Waals surface area contributed by atoms with Crippen LogP contribution >= 0.6 is 0 Å². The molecule has 8 heteroatoms. The Labute approximate surface area is 149 Å². The van der Waals surface area contributed by atoms with Gasteiger partial charge in [-0.05, 0) is 25.1 Å². The Morgan fingerprint density at radius 3 is 2.81 bits per heavy atom. The number of aliphatic hydroxyl groups is 1. The minimum absolute atomic E-state index is 0.0742. The number of nitrogens with zero attached hydrogens (tertiary/aromatic N) is 5. The number of aliphatic hydroxyl groups excluding tert-OH is 1. The average molecular weight is 353 g/mol. The second kappa shape index (κ2) is 6.06. The maximum atomic E-state index is 12.9. The number of carbonyl (C=O) groups is 1. The smallest absolute Gasteiger partial charge is 0.282 e. The van der Waals surface area contributed by atoms with Gasteiger partial charge in [-0.3, -0.25) is 14.3 Å². The third kappa shape index (κ3) is 2.59. The first-order valence-electron chi connectivity index (χ1n) is 8.45. The fraction of sp³-hybridized carbons (Fsp3) is 0.333. The number of amides is 1. The Hall–Kier alpha value is -3.00. The summed E-state index contributed by atoms with van der Waals surface area (Å²) in [4.78, 5) is 31.5. The van der Waals surface area contributed by atoms with E-state index in [2.05, 4.69) is 10.1 Å². The van der Waals surface area contributed by atoms with Crippen molar-refractivity contribution in [2.75, 3.05) is 6.54 Å². The molecule has 3 heterocycles. The quantitative estimate of drug-likeness (QED) is 0.737. The lowest BCUT2D eigenvalue weighted by Crippen LogP contribution is -2.41. The molecule has 0 bridgehead atoms. The van der Waals surface area contributed by atoms with Crippen molar-refractivity contribution in [1.29, 1.82) is 0 Å². The first kappa shape index (κ1) is 16.5. The summed E-state index contributed by atoms with van der Waals surface area (Å²) in [5.41, 5.74) is 2.23. The second-order valence-corrected chi connectivity index (χ2v) is 6.50. The van der Waals surface area contributed by atoms with Gasteiger partial charge in [-0.2, -0.15) is 5.10 Å². The molecule has 0 fully saturated rings. The molecule has 8 nitrogen and oxygen atoms in total. The molecule has 0 saturated carbocycles. The average Bonchev–Trinajstić information content (AvgIpc) is 3.08. The van der Waals surface area contributed by atoms with Gasteiger partial charge in [-0.1, -0.05) is 12.1 Å². The number of carbonyl (C=O) groups excluding carboxylic acids is 1. The number of fused-ring (bicyclic) bond motifs is 2. The summed E-state index contributed by atoms with van der Waals surface area (Å²) >= 11 is 0. The molecule has 1 aliphatic heterocycles. The normalized spacial score (nSPS) is 15.1. The summed E-state index contributed by atoms with van der Waals surface area (Å²) in [6.07, 6.45) is -0.660. The maximum absolute atomic E-state index is 12.9. The molecule has 1 amide bonds. The van der Waals surface area contributed by atoms with Crippen LogP contribution in [0.1, 0.15) is 34.9 Å². The van der Waals surface area contributed by atoms with Crippen LogP contribution in [0.5, 0.6) is 0 Å². The van der Waals surface area contributed by atoms with E-state index in [1.165, 1.54) is 4.57 Å². The summed E-state index contributed by atoms with van der Waals surface area (Å²) in [7, 11) is 1.64. The number of hydrogen-bond donors (Lipinski definition) is 1. The molecule has 3 aromatic rings. The molecular formula is C18H19N5O3. The Balaban J connectivity index is 1.69. The van der Waals surface area contributed by atoms with Crippen molar-refractivity contribution >= 4 is 16.9 Å². The van der Waals surface area contributed by atoms with Crippen molar-refractivity contribution in [3.8, 4) is 0 Å². The highest BCUT2D eigenvalue weighted by Gasteiger charge is 2.27. The van der Waals surface area contributed by atoms with Gasteiger partial charge in [0.15, 0.2) is 5.69 Å². The summed E-state index contributed by atoms with van der Waals surface area (Å²) < 4.78 is 3.24. The van der Waals surface area contributed by atoms with Crippen LogP contribution in [0.2, 0.25) is 0 Å². The van der Waals surface area contributed by atoms with E-state index in [0.717, 1.165) is 5.69 Å². The zero-order valence-corrected chi connectivity index (χ0v) is 14.6. The SMILES string of the molecule is CC(O)c1cc2n(n1)CCN(C(=O)c1nc3ccccc3n(C)c1=O)C2. The van der Waals surface area contributed by atoms with E-state index in [1.54, 1.807) is 41.8 Å². The van der Waals surface area contributed by atoms with E-state index in [0.29, 0.717) is 36.4 Å². The molecule has 2 aromatic heterocycles. The van der Waals surface area contributed by atoms with Crippen molar-refractivity contribution in [2.45, 2.75) is 26.1 Å². The number of aryl methyl sites for hydroxylation is 1. The summed E-state index contributed by atoms with van der Waals surface area (Å²) in [6.45, 7) is 2.93. The van der Waals surface area contributed by atoms with Crippen LogP contribution in [0.3, 0.4) is 0 Å². The third-order valence-electron chi connectivity index (χ3n) is 4.72. The molecule has 1 atom stereocenters. The largest absolute Gasteiger partial charge is 0.387 e. The molecule has 26 heavy (non-hydrogen) atoms. The number of benzene rings is 1. The lowest BCUT2D eigenvalue weighted by Gasteiger charge is -2.27. The molecule has 134 valence electrons. The Bertz CT molecular complexity index is 1070. The minimum atomic E-state index is -0.660. The van der Waals surface area contributed by atoms with E-state index in [1.807, 2.05) is 12.1 Å². The van der Waals surface area contributed by atoms with E-state index in [9.17, 15) is 14.7 Å². The molecule has 1 unspecified atom stereocenters. The van der Waals surface area contributed by atoms with Crippen molar-refractivity contribution in [3.63, 3.8) is 0 Å². The van der Waals surface area contributed by atoms with Gasteiger partial charge in [0.25, 0.3) is 11.5 Å². The predicted molar refractivity (Wildman–Crippen MR) is 94.6 cm³/mol. The maximum Gasteiger partial charge on any atom is 0.282 e. The zero-order valence-electron chi connectivity index (χ0n) is 14.6. The van der Waals surface area contributed by atoms with Crippen LogP contribution in [-0.2, 0) is 20.1 Å². The molecule has 0 radical (unpaired) electrons. The molecular weight excluding hydrogens is 334 g/mol. The Morgan fingerprint density at radius 1 is 1.27 bits per heavy atom. The van der Waals surface area contributed by atoms with E-state index < -0.39 is 11.7 Å². The van der Waals surface area contributed by atoms with Crippen LogP contribution in [-0.4, -0.2) is 41.8 Å². The lowest BCUT2D eigenvalue weighted by molar-refractivity contribution is 0.0697. The van der Waals surface area contributed by atoms with Gasteiger partial charge in [0, 0.05) is 13.6 Å². The molecule has 1 N–H and O–H groups in total. The van der Waals surface area contributed by atoms with Gasteiger partial charge < -0.3 is 14.6 Å². The highest BCUT2D eigenvalue weighted by molar-refractivity contribution is 5.93. The van der Waals surface area contributed by atoms with Gasteiger partial charge in [-0.15, -0.1) is 0 Å². The molecule has 1 aromatic carbocycles. The highest BCUT2D eigenvalue weighted by Crippen LogP contribution is 2.19. The number of rotatable bonds is 2. The highest BCUT2D eigenvalue weighted by atomic mass is 16.3. The van der Waals surface area contributed by atoms with Crippen LogP contribution in [0.25, 0.3) is 11.0 Å². The standard InChI is InChI=1S/C18H19N5O3/c1-11(24)14-9-12-10-22(7-8-23(12)20-14)18(26)16-17(25)21(2)15-6-4-3-5-13(15)19-16/h3-6,9,11,24H,7-8,10H2,1-2H3. The number of hydrogen-bond acceptors (Lipinski definition) is 5. The summed E-state index contributed by atoms with van der Waals surface area (Å²) in [5.74, 6) is -0.387. The first-order valence-corrected chi connectivity index (χ1v) is 8.45. The van der Waals surface area contributed by atoms with Crippen molar-refractivity contribution in [2.24, 2.45) is 7.05 Å². The van der Waals surface area contributed by atoms with E-state index in [4.69, 9.17) is 0 Å². The Kier molecular flexibility index (Phi) is 3.84. The van der Waals surface area contributed by atoms with Gasteiger partial charge in [0.2, 0.25) is 0 Å². The molecule has 4 rings (SSSR count). The monoisotopic (exact) mass is 353 g/mol. The number of para-hydroxylation sites is 2. The molecule has 1 aliphatic rings. The van der Waals surface area contributed by atoms with E-state index in [-0.39, 0.29) is 11.6 Å². The second-order valence-electron chi connectivity index (χ2n) is 6.50. The predicted octanol–water partition coefficient (Wildman–Crippen LogP) is 0.839. The Morgan fingerprint density at radius 2 is 2.04 bits per heavy atom. The van der Waals surface area contributed by atoms with Crippen molar-refractivity contribution in [1.82, 2.24) is 24.2 Å². The van der Waals surface area contributed by atoms with Crippen LogP contribution in [0.15, 0.2) is 35.1 Å². The van der Waals surface area contributed by atoms with Crippen molar-refractivity contribution < 1.29 is 9.90 Å². The van der Waals surface area contributed by atoms with Gasteiger partial charge >= 0.3 is 0 Å². The fourth-order valence-electron chi connectivity index (χ4n) is 3.23. The summed E-state index contributed by atoms with van der Waals surface area (Å²) in [5, 5.41) is 14.0. The van der Waals surface area contributed by atoms with Gasteiger partial charge in [0.05, 0.1) is 41.6 Å². The summed E-state index contributed by atoms with van der Waals surface area (Å²) in [6, 6.07) is 9.03. The van der Waals surface area contributed by atoms with Crippen LogP contribution < -0.4 is 5.56 Å². The lowest BCUT2D eigenvalue weighted by atomic mass is 10.2. The van der Waals surface area contributed by atoms with Crippen molar-refractivity contribution in [3.05, 3.63) is 57.8 Å². The topological polar surface area (TPSA) is 93.2 Å². The zero-order chi connectivity index (χ0) is 18.4. The van der Waals surface area contributed by atoms with Crippen LogP contribution in [0, 0.1) is 0 Å². The molecule has 0 spiro atoms. The fourth-order valence-corrected chi connectivity index (χ4v) is 3.23. The van der Waals surface area contributed by atoms with Gasteiger partial charge in [-0.25, -0.2) is 4.98 Å². The first-order chi connectivity index (χ1) is 12.5. The van der Waals surface area contributed by atoms with Crippen LogP contribution in [0.4, 0.5) is 0 Å². The van der Waals surface area contributed by atoms with Gasteiger partial charge in [0.1, 0.15) is 0 Å². The number of aromatic nitrogens is 4.